The SMILES string of the molecule is Cc1ccc(C2NC(=O)N(C)C3=C2C(=O)N(C[C@@H](C)O)C3)cc1. The molecule has 1 aromatic carbocycles. The van der Waals surface area contributed by atoms with Crippen molar-refractivity contribution >= 4 is 11.9 Å². The Bertz CT molecular complexity index is 679. The third kappa shape index (κ3) is 2.70. The number of amides is 3. The fourth-order valence-corrected chi connectivity index (χ4v) is 3.10. The topological polar surface area (TPSA) is 72.9 Å². The number of carbonyl (C=O) groups is 2. The molecule has 23 heavy (non-hydrogen) atoms. The van der Waals surface area contributed by atoms with Crippen molar-refractivity contribution < 1.29 is 14.7 Å². The van der Waals surface area contributed by atoms with Crippen molar-refractivity contribution in [1.29, 1.82) is 0 Å². The molecular weight excluding hydrogens is 294 g/mol. The molecule has 0 bridgehead atoms. The number of aliphatic hydroxyl groups is 1. The smallest absolute Gasteiger partial charge is 0.322 e. The van der Waals surface area contributed by atoms with E-state index in [0.29, 0.717) is 17.8 Å². The number of hydrogen-bond acceptors (Lipinski definition) is 3. The second-order valence-corrected chi connectivity index (χ2v) is 6.25. The molecule has 6 heteroatoms. The van der Waals surface area contributed by atoms with Crippen LogP contribution in [0.1, 0.15) is 24.1 Å². The van der Waals surface area contributed by atoms with Gasteiger partial charge in [-0.05, 0) is 19.4 Å². The summed E-state index contributed by atoms with van der Waals surface area (Å²) in [6, 6.07) is 7.13. The number of nitrogens with zero attached hydrogens (tertiary/aromatic N) is 2. The second kappa shape index (κ2) is 5.70. The summed E-state index contributed by atoms with van der Waals surface area (Å²) in [5.74, 6) is -0.127. The molecular formula is C17H21N3O3. The number of likely N-dealkylation sites (N-methyl/N-ethyl adjacent to an activating group) is 1. The zero-order valence-electron chi connectivity index (χ0n) is 13.5. The van der Waals surface area contributed by atoms with Crippen LogP contribution >= 0.6 is 0 Å². The quantitative estimate of drug-likeness (QED) is 0.879. The number of urea groups is 1. The molecule has 2 heterocycles. The number of nitrogens with one attached hydrogen (secondary N) is 1. The highest BCUT2D eigenvalue weighted by Crippen LogP contribution is 2.35. The third-order valence-electron chi connectivity index (χ3n) is 4.33. The molecule has 0 spiro atoms. The fourth-order valence-electron chi connectivity index (χ4n) is 3.10. The largest absolute Gasteiger partial charge is 0.392 e. The molecule has 0 fully saturated rings. The molecule has 2 N–H and O–H groups in total. The van der Waals surface area contributed by atoms with Crippen molar-refractivity contribution in [2.24, 2.45) is 0 Å². The van der Waals surface area contributed by atoms with Gasteiger partial charge >= 0.3 is 6.03 Å². The van der Waals surface area contributed by atoms with Gasteiger partial charge in [-0.15, -0.1) is 0 Å². The van der Waals surface area contributed by atoms with Gasteiger partial charge in [0.2, 0.25) is 0 Å². The molecule has 122 valence electrons. The molecule has 0 saturated carbocycles. The fraction of sp³-hybridized carbons (Fsp3) is 0.412. The maximum atomic E-state index is 12.8. The molecule has 0 radical (unpaired) electrons. The van der Waals surface area contributed by atoms with Gasteiger partial charge in [0.25, 0.3) is 5.91 Å². The number of hydrogen-bond donors (Lipinski definition) is 2. The lowest BCUT2D eigenvalue weighted by Crippen LogP contribution is -2.45. The highest BCUT2D eigenvalue weighted by atomic mass is 16.3. The van der Waals surface area contributed by atoms with Crippen molar-refractivity contribution in [1.82, 2.24) is 15.1 Å². The van der Waals surface area contributed by atoms with Gasteiger partial charge in [-0.25, -0.2) is 4.79 Å². The van der Waals surface area contributed by atoms with Crippen LogP contribution < -0.4 is 5.32 Å². The van der Waals surface area contributed by atoms with E-state index in [-0.39, 0.29) is 18.5 Å². The highest BCUT2D eigenvalue weighted by molar-refractivity contribution is 6.01. The van der Waals surface area contributed by atoms with Crippen LogP contribution in [0.3, 0.4) is 0 Å². The molecule has 1 unspecified atom stereocenters. The molecule has 3 rings (SSSR count). The normalized spacial score (nSPS) is 22.3. The molecule has 0 aromatic heterocycles. The summed E-state index contributed by atoms with van der Waals surface area (Å²) in [6.45, 7) is 4.25. The summed E-state index contributed by atoms with van der Waals surface area (Å²) in [5.41, 5.74) is 3.31. The second-order valence-electron chi connectivity index (χ2n) is 6.25. The zero-order valence-corrected chi connectivity index (χ0v) is 13.5. The Kier molecular flexibility index (Phi) is 3.85. The van der Waals surface area contributed by atoms with Gasteiger partial charge in [-0.2, -0.15) is 0 Å². The van der Waals surface area contributed by atoms with E-state index in [1.165, 1.54) is 4.90 Å². The lowest BCUT2D eigenvalue weighted by Gasteiger charge is -2.31. The molecule has 2 aliphatic rings. The van der Waals surface area contributed by atoms with Crippen molar-refractivity contribution in [3.8, 4) is 0 Å². The van der Waals surface area contributed by atoms with E-state index in [1.54, 1.807) is 18.9 Å². The highest BCUT2D eigenvalue weighted by Gasteiger charge is 2.42. The summed E-state index contributed by atoms with van der Waals surface area (Å²) in [5, 5.41) is 12.5. The average Bonchev–Trinajstić information content (AvgIpc) is 2.81. The van der Waals surface area contributed by atoms with E-state index in [0.717, 1.165) is 11.1 Å². The Hall–Kier alpha value is -2.34. The van der Waals surface area contributed by atoms with Gasteiger partial charge in [-0.3, -0.25) is 9.69 Å². The molecule has 1 aromatic rings. The number of benzene rings is 1. The standard InChI is InChI=1S/C17H21N3O3/c1-10-4-6-12(7-5-10)15-14-13(19(3)17(23)18-15)9-20(16(14)22)8-11(2)21/h4-7,11,15,21H,8-9H2,1-3H3,(H,18,23)/t11-,15?/m1/s1. The van der Waals surface area contributed by atoms with Gasteiger partial charge in [0.05, 0.1) is 30.0 Å². The monoisotopic (exact) mass is 315 g/mol. The Morgan fingerprint density at radius 1 is 1.30 bits per heavy atom. The summed E-state index contributed by atoms with van der Waals surface area (Å²) >= 11 is 0. The van der Waals surface area contributed by atoms with Crippen molar-refractivity contribution in [3.63, 3.8) is 0 Å². The zero-order chi connectivity index (χ0) is 16.7. The number of aryl methyl sites for hydroxylation is 1. The number of β-amino-alcohol motifs (C(OH)–C–C–N with tert-alkyl or cyclic N) is 1. The van der Waals surface area contributed by atoms with Crippen LogP contribution in [-0.4, -0.2) is 53.1 Å². The first kappa shape index (κ1) is 15.6. The van der Waals surface area contributed by atoms with E-state index < -0.39 is 12.1 Å². The van der Waals surface area contributed by atoms with E-state index in [4.69, 9.17) is 0 Å². The van der Waals surface area contributed by atoms with E-state index in [1.807, 2.05) is 31.2 Å². The molecule has 0 saturated heterocycles. The average molecular weight is 315 g/mol. The van der Waals surface area contributed by atoms with Gasteiger partial charge in [0.15, 0.2) is 0 Å². The summed E-state index contributed by atoms with van der Waals surface area (Å²) in [4.78, 5) is 28.1. The van der Waals surface area contributed by atoms with E-state index in [2.05, 4.69) is 5.32 Å². The summed E-state index contributed by atoms with van der Waals surface area (Å²) in [6.07, 6.45) is -0.605. The minimum absolute atomic E-state index is 0.127. The number of aliphatic hydroxyl groups excluding tert-OH is 1. The van der Waals surface area contributed by atoms with Gasteiger partial charge in [-0.1, -0.05) is 29.8 Å². The Morgan fingerprint density at radius 2 is 1.96 bits per heavy atom. The minimum Gasteiger partial charge on any atom is -0.392 e. The number of rotatable bonds is 3. The Balaban J connectivity index is 1.99. The first-order valence-electron chi connectivity index (χ1n) is 7.69. The molecule has 3 amide bonds. The van der Waals surface area contributed by atoms with Crippen LogP contribution in [0.5, 0.6) is 0 Å². The van der Waals surface area contributed by atoms with Gasteiger partial charge in [0, 0.05) is 13.6 Å². The lowest BCUT2D eigenvalue weighted by atomic mass is 9.95. The first-order valence-corrected chi connectivity index (χ1v) is 7.69. The lowest BCUT2D eigenvalue weighted by molar-refractivity contribution is -0.126. The van der Waals surface area contributed by atoms with E-state index >= 15 is 0 Å². The van der Waals surface area contributed by atoms with Crippen molar-refractivity contribution in [2.75, 3.05) is 20.1 Å². The van der Waals surface area contributed by atoms with Gasteiger partial charge < -0.3 is 15.3 Å². The third-order valence-corrected chi connectivity index (χ3v) is 4.33. The molecule has 0 aliphatic carbocycles. The van der Waals surface area contributed by atoms with Crippen LogP contribution in [0.2, 0.25) is 0 Å². The summed E-state index contributed by atoms with van der Waals surface area (Å²) in [7, 11) is 1.66. The predicted molar refractivity (Wildman–Crippen MR) is 85.5 cm³/mol. The molecule has 2 atom stereocenters. The molecule has 6 nitrogen and oxygen atoms in total. The van der Waals surface area contributed by atoms with Crippen molar-refractivity contribution in [3.05, 3.63) is 46.7 Å². The van der Waals surface area contributed by atoms with Crippen LogP contribution in [-0.2, 0) is 4.79 Å². The number of carbonyl (C=O) groups excluding carboxylic acids is 2. The summed E-state index contributed by atoms with van der Waals surface area (Å²) < 4.78 is 0. The first-order chi connectivity index (χ1) is 10.9. The van der Waals surface area contributed by atoms with Crippen molar-refractivity contribution in [2.45, 2.75) is 26.0 Å². The maximum absolute atomic E-state index is 12.8. The van der Waals surface area contributed by atoms with Gasteiger partial charge in [0.1, 0.15) is 0 Å². The Morgan fingerprint density at radius 3 is 2.57 bits per heavy atom. The predicted octanol–water partition coefficient (Wildman–Crippen LogP) is 1.17. The Labute approximate surface area is 135 Å². The maximum Gasteiger partial charge on any atom is 0.322 e. The van der Waals surface area contributed by atoms with Crippen LogP contribution in [0.4, 0.5) is 4.79 Å². The van der Waals surface area contributed by atoms with E-state index in [9.17, 15) is 14.7 Å². The van der Waals surface area contributed by atoms with Crippen LogP contribution in [0, 0.1) is 6.92 Å². The van der Waals surface area contributed by atoms with Crippen LogP contribution in [0.25, 0.3) is 0 Å². The van der Waals surface area contributed by atoms with Crippen LogP contribution in [0.15, 0.2) is 35.5 Å². The minimum atomic E-state index is -0.605. The molecule has 2 aliphatic heterocycles.